The van der Waals surface area contributed by atoms with Crippen LogP contribution in [0.5, 0.6) is 0 Å². The van der Waals surface area contributed by atoms with Gasteiger partial charge in [-0.15, -0.1) is 12.4 Å². The molecule has 0 bridgehead atoms. The highest BCUT2D eigenvalue weighted by Gasteiger charge is 2.31. The maximum absolute atomic E-state index is 13.7. The van der Waals surface area contributed by atoms with Gasteiger partial charge in [-0.05, 0) is 81.2 Å². The zero-order chi connectivity index (χ0) is 23.7. The number of piperazine rings is 1. The standard InChI is InChI=1S/C27H32FN5O.ClH/c1-19-3-4-20(2)25(17-19)31-13-15-32(16-14-31)27(34)24-18-30-33(23-7-5-22(28)6-8-23)26(24)21-9-11-29-12-10-21;/h3-8,17-18,21,29H,9-16H2,1-2H3;1H. The average Bonchev–Trinajstić information content (AvgIpc) is 3.31. The molecule has 35 heavy (non-hydrogen) atoms. The molecule has 6 nitrogen and oxygen atoms in total. The van der Waals surface area contributed by atoms with Gasteiger partial charge in [-0.25, -0.2) is 9.07 Å². The zero-order valence-corrected chi connectivity index (χ0v) is 21.2. The summed E-state index contributed by atoms with van der Waals surface area (Å²) in [5.41, 5.74) is 6.19. The first-order valence-electron chi connectivity index (χ1n) is 12.2. The molecule has 1 N–H and O–H groups in total. The van der Waals surface area contributed by atoms with E-state index in [1.807, 2.05) is 9.58 Å². The lowest BCUT2D eigenvalue weighted by molar-refractivity contribution is 0.0744. The number of carbonyl (C=O) groups is 1. The SMILES string of the molecule is Cc1ccc(C)c(N2CCN(C(=O)c3cnn(-c4ccc(F)cc4)c3C3CCNCC3)CC2)c1.Cl. The first kappa shape index (κ1) is 25.2. The van der Waals surface area contributed by atoms with Crippen molar-refractivity contribution >= 4 is 24.0 Å². The number of hydrogen-bond donors (Lipinski definition) is 1. The molecule has 186 valence electrons. The number of nitrogens with zero attached hydrogens (tertiary/aromatic N) is 4. The fourth-order valence-electron chi connectivity index (χ4n) is 5.18. The van der Waals surface area contributed by atoms with Crippen LogP contribution < -0.4 is 10.2 Å². The molecule has 2 fully saturated rings. The van der Waals surface area contributed by atoms with Crippen molar-refractivity contribution < 1.29 is 9.18 Å². The van der Waals surface area contributed by atoms with E-state index in [2.05, 4.69) is 47.4 Å². The van der Waals surface area contributed by atoms with E-state index < -0.39 is 0 Å². The van der Waals surface area contributed by atoms with Crippen LogP contribution in [0.3, 0.4) is 0 Å². The lowest BCUT2D eigenvalue weighted by Crippen LogP contribution is -2.49. The Morgan fingerprint density at radius 1 is 1.00 bits per heavy atom. The number of carbonyl (C=O) groups excluding carboxylic acids is 1. The van der Waals surface area contributed by atoms with Crippen LogP contribution in [0, 0.1) is 19.7 Å². The second-order valence-corrected chi connectivity index (χ2v) is 9.43. The highest BCUT2D eigenvalue weighted by molar-refractivity contribution is 5.95. The predicted molar refractivity (Wildman–Crippen MR) is 140 cm³/mol. The molecule has 1 amide bonds. The van der Waals surface area contributed by atoms with Crippen molar-refractivity contribution in [1.29, 1.82) is 0 Å². The molecule has 2 aliphatic rings. The van der Waals surface area contributed by atoms with Crippen LogP contribution in [-0.4, -0.2) is 59.9 Å². The Hall–Kier alpha value is -2.90. The molecule has 3 heterocycles. The Balaban J connectivity index is 0.00000289. The van der Waals surface area contributed by atoms with Crippen LogP contribution >= 0.6 is 12.4 Å². The lowest BCUT2D eigenvalue weighted by Gasteiger charge is -2.37. The van der Waals surface area contributed by atoms with E-state index in [1.54, 1.807) is 18.3 Å². The van der Waals surface area contributed by atoms with Gasteiger partial charge in [-0.2, -0.15) is 5.10 Å². The maximum atomic E-state index is 13.7. The minimum absolute atomic E-state index is 0. The Labute approximate surface area is 212 Å². The third-order valence-electron chi connectivity index (χ3n) is 7.11. The van der Waals surface area contributed by atoms with E-state index in [0.29, 0.717) is 18.7 Å². The van der Waals surface area contributed by atoms with Gasteiger partial charge in [0, 0.05) is 37.8 Å². The molecule has 0 radical (unpaired) electrons. The Morgan fingerprint density at radius 3 is 2.37 bits per heavy atom. The van der Waals surface area contributed by atoms with Gasteiger partial charge in [0.1, 0.15) is 5.82 Å². The van der Waals surface area contributed by atoms with Crippen molar-refractivity contribution in [2.45, 2.75) is 32.6 Å². The van der Waals surface area contributed by atoms with Crippen molar-refractivity contribution in [1.82, 2.24) is 20.0 Å². The highest BCUT2D eigenvalue weighted by atomic mass is 35.5. The molecule has 2 saturated heterocycles. The number of piperidine rings is 1. The van der Waals surface area contributed by atoms with E-state index in [-0.39, 0.29) is 30.0 Å². The number of halogens is 2. The number of nitrogens with one attached hydrogen (secondary N) is 1. The van der Waals surface area contributed by atoms with Gasteiger partial charge in [0.25, 0.3) is 5.91 Å². The number of rotatable bonds is 4. The molecule has 8 heteroatoms. The summed E-state index contributed by atoms with van der Waals surface area (Å²) in [7, 11) is 0. The summed E-state index contributed by atoms with van der Waals surface area (Å²) in [6, 6.07) is 12.9. The molecular weight excluding hydrogens is 465 g/mol. The third kappa shape index (κ3) is 5.21. The van der Waals surface area contributed by atoms with Gasteiger partial charge in [0.2, 0.25) is 0 Å². The van der Waals surface area contributed by atoms with E-state index in [1.165, 1.54) is 28.9 Å². The summed E-state index contributed by atoms with van der Waals surface area (Å²) >= 11 is 0. The van der Waals surface area contributed by atoms with Crippen molar-refractivity contribution in [2.75, 3.05) is 44.2 Å². The average molecular weight is 498 g/mol. The fourth-order valence-corrected chi connectivity index (χ4v) is 5.18. The molecule has 0 atom stereocenters. The first-order chi connectivity index (χ1) is 16.5. The zero-order valence-electron chi connectivity index (χ0n) is 20.3. The largest absolute Gasteiger partial charge is 0.368 e. The van der Waals surface area contributed by atoms with Crippen molar-refractivity contribution in [3.8, 4) is 5.69 Å². The molecule has 2 aliphatic heterocycles. The quantitative estimate of drug-likeness (QED) is 0.577. The molecule has 0 spiro atoms. The smallest absolute Gasteiger partial charge is 0.257 e. The minimum Gasteiger partial charge on any atom is -0.368 e. The van der Waals surface area contributed by atoms with Gasteiger partial charge < -0.3 is 15.1 Å². The minimum atomic E-state index is -0.280. The van der Waals surface area contributed by atoms with Crippen LogP contribution in [-0.2, 0) is 0 Å². The van der Waals surface area contributed by atoms with E-state index in [9.17, 15) is 9.18 Å². The number of hydrogen-bond acceptors (Lipinski definition) is 4. The van der Waals surface area contributed by atoms with Crippen LogP contribution in [0.1, 0.15) is 45.9 Å². The van der Waals surface area contributed by atoms with Crippen LogP contribution in [0.4, 0.5) is 10.1 Å². The van der Waals surface area contributed by atoms with Crippen molar-refractivity contribution in [3.63, 3.8) is 0 Å². The molecular formula is C27H33ClFN5O. The molecule has 0 unspecified atom stereocenters. The Bertz CT molecular complexity index is 1160. The molecule has 2 aromatic carbocycles. The van der Waals surface area contributed by atoms with Crippen molar-refractivity contribution in [3.05, 3.63) is 76.9 Å². The number of aromatic nitrogens is 2. The summed E-state index contributed by atoms with van der Waals surface area (Å²) in [6.07, 6.45) is 3.61. The highest BCUT2D eigenvalue weighted by Crippen LogP contribution is 2.31. The van der Waals surface area contributed by atoms with Crippen molar-refractivity contribution in [2.24, 2.45) is 0 Å². The first-order valence-corrected chi connectivity index (χ1v) is 12.2. The molecule has 3 aromatic rings. The summed E-state index contributed by atoms with van der Waals surface area (Å²) in [5.74, 6) is 0.00355. The maximum Gasteiger partial charge on any atom is 0.257 e. The van der Waals surface area contributed by atoms with E-state index in [0.717, 1.165) is 50.4 Å². The van der Waals surface area contributed by atoms with Crippen LogP contribution in [0.2, 0.25) is 0 Å². The molecule has 0 saturated carbocycles. The Kier molecular flexibility index (Phi) is 7.77. The normalized spacial score (nSPS) is 16.8. The fraction of sp³-hybridized carbons (Fsp3) is 0.407. The third-order valence-corrected chi connectivity index (χ3v) is 7.11. The summed E-state index contributed by atoms with van der Waals surface area (Å²) < 4.78 is 15.4. The van der Waals surface area contributed by atoms with Gasteiger partial charge in [0.05, 0.1) is 23.1 Å². The second-order valence-electron chi connectivity index (χ2n) is 9.43. The van der Waals surface area contributed by atoms with E-state index >= 15 is 0 Å². The number of aryl methyl sites for hydroxylation is 2. The topological polar surface area (TPSA) is 53.4 Å². The summed E-state index contributed by atoms with van der Waals surface area (Å²) in [4.78, 5) is 18.0. The Morgan fingerprint density at radius 2 is 1.69 bits per heavy atom. The van der Waals surface area contributed by atoms with Gasteiger partial charge in [0.15, 0.2) is 0 Å². The van der Waals surface area contributed by atoms with Gasteiger partial charge in [-0.1, -0.05) is 12.1 Å². The molecule has 0 aliphatic carbocycles. The van der Waals surface area contributed by atoms with Gasteiger partial charge >= 0.3 is 0 Å². The number of amides is 1. The molecule has 5 rings (SSSR count). The van der Waals surface area contributed by atoms with Crippen LogP contribution in [0.15, 0.2) is 48.7 Å². The summed E-state index contributed by atoms with van der Waals surface area (Å²) in [6.45, 7) is 9.07. The van der Waals surface area contributed by atoms with Gasteiger partial charge in [-0.3, -0.25) is 4.79 Å². The summed E-state index contributed by atoms with van der Waals surface area (Å²) in [5, 5.41) is 8.01. The van der Waals surface area contributed by atoms with Crippen LogP contribution in [0.25, 0.3) is 5.69 Å². The second kappa shape index (κ2) is 10.8. The predicted octanol–water partition coefficient (Wildman–Crippen LogP) is 4.48. The number of benzene rings is 2. The lowest BCUT2D eigenvalue weighted by atomic mass is 9.91. The monoisotopic (exact) mass is 497 g/mol. The van der Waals surface area contributed by atoms with E-state index in [4.69, 9.17) is 0 Å². The molecule has 1 aromatic heterocycles. The number of anilines is 1.